The fourth-order valence-corrected chi connectivity index (χ4v) is 6.21. The van der Waals surface area contributed by atoms with Crippen LogP contribution >= 0.6 is 0 Å². The molecular formula is C25H24F4N2O5S. The van der Waals surface area contributed by atoms with Crippen LogP contribution in [0.15, 0.2) is 35.2 Å². The number of nitrogens with one attached hydrogen (secondary N) is 1. The summed E-state index contributed by atoms with van der Waals surface area (Å²) in [5.74, 6) is -2.38. The molecule has 1 saturated carbocycles. The van der Waals surface area contributed by atoms with E-state index in [1.165, 1.54) is 19.2 Å². The van der Waals surface area contributed by atoms with E-state index in [1.807, 2.05) is 6.07 Å². The van der Waals surface area contributed by atoms with Gasteiger partial charge in [0, 0.05) is 19.0 Å². The largest absolute Gasteiger partial charge is 0.492 e. The van der Waals surface area contributed by atoms with E-state index in [0.717, 1.165) is 23.0 Å². The number of rotatable bonds is 6. The van der Waals surface area contributed by atoms with Gasteiger partial charge in [-0.05, 0) is 66.5 Å². The van der Waals surface area contributed by atoms with E-state index in [9.17, 15) is 31.4 Å². The maximum absolute atomic E-state index is 14.1. The molecule has 4 atom stereocenters. The lowest BCUT2D eigenvalue weighted by Crippen LogP contribution is -2.39. The molecule has 12 heteroatoms. The van der Waals surface area contributed by atoms with Crippen LogP contribution in [0.3, 0.4) is 0 Å². The maximum Gasteiger partial charge on any atom is 0.471 e. The third-order valence-corrected chi connectivity index (χ3v) is 8.29. The minimum Gasteiger partial charge on any atom is -0.492 e. The number of alkyl halides is 3. The van der Waals surface area contributed by atoms with Gasteiger partial charge in [0.25, 0.3) is 0 Å². The fraction of sp³-hybridized carbons (Fsp3) is 0.440. The molecular weight excluding hydrogens is 516 g/mol. The standard InChI is InChI=1S/C25H24F4N2O5S/c1-35-23(32)21-19(4-3-17-18-10-15(18)12-36-22(17)21)30-37(34)20-5-2-16(26)9-14(20)8-13-6-7-31(11-13)24(33)25(27,28)29/h2-5,9,13,15,18,30H,6-8,10-12H2,1H3/t13-,15+,18+,37?/m1/s1. The Hall–Kier alpha value is -3.15. The van der Waals surface area contributed by atoms with E-state index in [4.69, 9.17) is 9.47 Å². The molecule has 2 fully saturated rings. The highest BCUT2D eigenvalue weighted by atomic mass is 32.2. The third kappa shape index (κ3) is 5.03. The van der Waals surface area contributed by atoms with Crippen molar-refractivity contribution in [3.8, 4) is 5.75 Å². The van der Waals surface area contributed by atoms with Crippen molar-refractivity contribution in [2.24, 2.45) is 11.8 Å². The number of likely N-dealkylation sites (tertiary alicyclic amines) is 1. The van der Waals surface area contributed by atoms with Gasteiger partial charge in [0.2, 0.25) is 0 Å². The van der Waals surface area contributed by atoms with Gasteiger partial charge in [-0.2, -0.15) is 13.2 Å². The van der Waals surface area contributed by atoms with Crippen LogP contribution in [0.25, 0.3) is 0 Å². The summed E-state index contributed by atoms with van der Waals surface area (Å²) in [4.78, 5) is 25.2. The SMILES string of the molecule is COC(=O)c1c(NS(=O)c2ccc(F)cc2C[C@H]2CCN(C(=O)C(F)(F)F)C2)ccc2c1OC[C@@H]1C[C@H]21. The highest BCUT2D eigenvalue weighted by molar-refractivity contribution is 7.86. The Morgan fingerprint density at radius 3 is 2.76 bits per heavy atom. The number of ether oxygens (including phenoxy) is 2. The molecule has 0 spiro atoms. The average Bonchev–Trinajstić information content (AvgIpc) is 3.52. The Labute approximate surface area is 212 Å². The van der Waals surface area contributed by atoms with Gasteiger partial charge in [-0.25, -0.2) is 13.4 Å². The first-order valence-corrected chi connectivity index (χ1v) is 12.9. The molecule has 1 N–H and O–H groups in total. The fourth-order valence-electron chi connectivity index (χ4n) is 5.16. The minimum absolute atomic E-state index is 0.0610. The predicted octanol–water partition coefficient (Wildman–Crippen LogP) is 4.20. The number of fused-ring (bicyclic) bond motifs is 3. The summed E-state index contributed by atoms with van der Waals surface area (Å²) in [7, 11) is -0.720. The van der Waals surface area contributed by atoms with Gasteiger partial charge in [0.1, 0.15) is 17.1 Å². The lowest BCUT2D eigenvalue weighted by Gasteiger charge is -2.22. The van der Waals surface area contributed by atoms with E-state index in [0.29, 0.717) is 36.2 Å². The number of benzene rings is 2. The third-order valence-electron chi connectivity index (χ3n) is 7.09. The molecule has 3 aliphatic rings. The molecule has 1 amide bonds. The highest BCUT2D eigenvalue weighted by Crippen LogP contribution is 2.55. The summed E-state index contributed by atoms with van der Waals surface area (Å²) in [6.45, 7) is 0.283. The number of methoxy groups -OCH3 is 1. The first-order chi connectivity index (χ1) is 17.6. The number of nitrogens with zero attached hydrogens (tertiary/aromatic N) is 1. The van der Waals surface area contributed by atoms with Crippen molar-refractivity contribution >= 4 is 28.5 Å². The van der Waals surface area contributed by atoms with Crippen LogP contribution < -0.4 is 9.46 Å². The van der Waals surface area contributed by atoms with Crippen molar-refractivity contribution < 1.29 is 40.8 Å². The number of halogens is 4. The summed E-state index contributed by atoms with van der Waals surface area (Å²) in [5, 5.41) is 0. The van der Waals surface area contributed by atoms with Crippen LogP contribution in [0.5, 0.6) is 5.75 Å². The topological polar surface area (TPSA) is 84.9 Å². The summed E-state index contributed by atoms with van der Waals surface area (Å²) in [6, 6.07) is 7.11. The molecule has 2 aliphatic heterocycles. The van der Waals surface area contributed by atoms with Gasteiger partial charge in [-0.1, -0.05) is 6.07 Å². The lowest BCUT2D eigenvalue weighted by molar-refractivity contribution is -0.184. The van der Waals surface area contributed by atoms with Crippen LogP contribution in [0.1, 0.15) is 40.2 Å². The van der Waals surface area contributed by atoms with E-state index in [-0.39, 0.29) is 41.6 Å². The van der Waals surface area contributed by atoms with E-state index < -0.39 is 34.9 Å². The lowest BCUT2D eigenvalue weighted by atomic mass is 9.98. The zero-order valence-corrected chi connectivity index (χ0v) is 20.6. The maximum atomic E-state index is 14.1. The Morgan fingerprint density at radius 2 is 2.03 bits per heavy atom. The van der Waals surface area contributed by atoms with Gasteiger partial charge < -0.3 is 19.1 Å². The highest BCUT2D eigenvalue weighted by Gasteiger charge is 2.46. The molecule has 37 heavy (non-hydrogen) atoms. The first kappa shape index (κ1) is 25.5. The number of carbonyl (C=O) groups is 2. The number of hydrogen-bond acceptors (Lipinski definition) is 5. The van der Waals surface area contributed by atoms with Gasteiger partial charge in [0.15, 0.2) is 11.0 Å². The molecule has 2 aromatic carbocycles. The number of esters is 1. The zero-order chi connectivity index (χ0) is 26.5. The van der Waals surface area contributed by atoms with Crippen LogP contribution in [-0.4, -0.2) is 54.0 Å². The molecule has 1 saturated heterocycles. The molecule has 198 valence electrons. The monoisotopic (exact) mass is 540 g/mol. The molecule has 0 bridgehead atoms. The number of hydrogen-bond donors (Lipinski definition) is 1. The zero-order valence-electron chi connectivity index (χ0n) is 19.8. The normalized spacial score (nSPS) is 22.9. The van der Waals surface area contributed by atoms with Gasteiger partial charge in [-0.15, -0.1) is 0 Å². The van der Waals surface area contributed by atoms with Gasteiger partial charge in [-0.3, -0.25) is 4.79 Å². The van der Waals surface area contributed by atoms with Crippen molar-refractivity contribution in [1.29, 1.82) is 0 Å². The van der Waals surface area contributed by atoms with Crippen LogP contribution in [0, 0.1) is 17.7 Å². The van der Waals surface area contributed by atoms with Crippen molar-refractivity contribution in [3.05, 3.63) is 52.8 Å². The Balaban J connectivity index is 1.38. The summed E-state index contributed by atoms with van der Waals surface area (Å²) < 4.78 is 79.5. The van der Waals surface area contributed by atoms with Crippen LogP contribution in [0.4, 0.5) is 23.2 Å². The van der Waals surface area contributed by atoms with E-state index in [1.54, 1.807) is 6.07 Å². The first-order valence-electron chi connectivity index (χ1n) is 11.8. The summed E-state index contributed by atoms with van der Waals surface area (Å²) >= 11 is 0. The molecule has 7 nitrogen and oxygen atoms in total. The predicted molar refractivity (Wildman–Crippen MR) is 125 cm³/mol. The summed E-state index contributed by atoms with van der Waals surface area (Å²) in [6.07, 6.45) is -3.56. The van der Waals surface area contributed by atoms with Crippen molar-refractivity contribution in [2.75, 3.05) is 31.5 Å². The quantitative estimate of drug-likeness (QED) is 0.439. The summed E-state index contributed by atoms with van der Waals surface area (Å²) in [5.41, 5.74) is 1.59. The Bertz CT molecular complexity index is 1280. The van der Waals surface area contributed by atoms with Gasteiger partial charge >= 0.3 is 18.1 Å². The smallest absolute Gasteiger partial charge is 0.471 e. The Kier molecular flexibility index (Phi) is 6.63. The molecule has 2 heterocycles. The van der Waals surface area contributed by atoms with Crippen molar-refractivity contribution in [2.45, 2.75) is 36.3 Å². The van der Waals surface area contributed by atoms with Crippen molar-refractivity contribution in [1.82, 2.24) is 4.90 Å². The molecule has 1 unspecified atom stereocenters. The second kappa shape index (κ2) is 9.62. The second-order valence-corrected chi connectivity index (χ2v) is 10.7. The van der Waals surface area contributed by atoms with Crippen LogP contribution in [0.2, 0.25) is 0 Å². The molecule has 0 aromatic heterocycles. The molecule has 1 aliphatic carbocycles. The van der Waals surface area contributed by atoms with Crippen molar-refractivity contribution in [3.63, 3.8) is 0 Å². The van der Waals surface area contributed by atoms with Gasteiger partial charge in [0.05, 0.1) is 24.3 Å². The molecule has 5 rings (SSSR count). The van der Waals surface area contributed by atoms with Crippen LogP contribution in [-0.2, 0) is 26.9 Å². The minimum atomic E-state index is -4.96. The number of anilines is 1. The number of amides is 1. The number of carbonyl (C=O) groups excluding carboxylic acids is 2. The average molecular weight is 541 g/mol. The Morgan fingerprint density at radius 1 is 1.24 bits per heavy atom. The second-order valence-electron chi connectivity index (χ2n) is 9.54. The van der Waals surface area contributed by atoms with E-state index >= 15 is 0 Å². The molecule has 0 radical (unpaired) electrons. The molecule has 2 aromatic rings. The van der Waals surface area contributed by atoms with E-state index in [2.05, 4.69) is 4.72 Å².